The molecule has 0 unspecified atom stereocenters. The Labute approximate surface area is 178 Å². The molecule has 0 aliphatic heterocycles. The van der Waals surface area contributed by atoms with Gasteiger partial charge in [0.2, 0.25) is 0 Å². The van der Waals surface area contributed by atoms with E-state index >= 15 is 0 Å². The maximum Gasteiger partial charge on any atom is 0.0798 e. The second-order valence-corrected chi connectivity index (χ2v) is 13.5. The molecule has 0 amide bonds. The van der Waals surface area contributed by atoms with E-state index in [9.17, 15) is 0 Å². The third-order valence-electron chi connectivity index (χ3n) is 5.08. The first-order chi connectivity index (χ1) is 12.9. The van der Waals surface area contributed by atoms with Crippen molar-refractivity contribution < 1.29 is 24.2 Å². The Bertz CT molecular complexity index is 850. The molecular formula is C23H32IrNSi-. The molecule has 0 spiro atoms. The third-order valence-corrected chi connectivity index (χ3v) is 7.10. The molecule has 2 aromatic rings. The molecule has 3 heteroatoms. The van der Waals surface area contributed by atoms with Crippen LogP contribution in [0.4, 0.5) is 0 Å². The molecule has 0 saturated heterocycles. The van der Waals surface area contributed by atoms with E-state index in [0.717, 1.165) is 53.3 Å². The van der Waals surface area contributed by atoms with Gasteiger partial charge in [-0.15, -0.1) is 35.4 Å². The molecule has 0 atom stereocenters. The second kappa shape index (κ2) is 8.95. The van der Waals surface area contributed by atoms with Crippen molar-refractivity contribution in [2.75, 3.05) is 0 Å². The number of benzene rings is 1. The zero-order valence-corrected chi connectivity index (χ0v) is 20.0. The smallest absolute Gasteiger partial charge is 0.0798 e. The van der Waals surface area contributed by atoms with Gasteiger partial charge >= 0.3 is 0 Å². The van der Waals surface area contributed by atoms with Crippen molar-refractivity contribution in [3.8, 4) is 11.3 Å². The number of rotatable bonds is 5. The van der Waals surface area contributed by atoms with Crippen molar-refractivity contribution in [1.29, 1.82) is 0 Å². The Morgan fingerprint density at radius 2 is 1.96 bits per heavy atom. The van der Waals surface area contributed by atoms with E-state index in [1.165, 1.54) is 0 Å². The van der Waals surface area contributed by atoms with Gasteiger partial charge in [-0.1, -0.05) is 70.8 Å². The summed E-state index contributed by atoms with van der Waals surface area (Å²) in [5.74, 6) is -0.607. The molecule has 0 N–H and O–H groups in total. The molecule has 1 saturated carbocycles. The van der Waals surface area contributed by atoms with Crippen molar-refractivity contribution >= 4 is 13.3 Å². The van der Waals surface area contributed by atoms with Crippen LogP contribution >= 0.6 is 0 Å². The van der Waals surface area contributed by atoms with Gasteiger partial charge in [-0.25, -0.2) is 0 Å². The molecular weight excluding hydrogens is 511 g/mol. The molecule has 1 radical (unpaired) electrons. The number of hydrogen-bond acceptors (Lipinski definition) is 1. The van der Waals surface area contributed by atoms with E-state index in [1.807, 2.05) is 44.3 Å². The van der Waals surface area contributed by atoms with Crippen molar-refractivity contribution in [3.05, 3.63) is 47.7 Å². The van der Waals surface area contributed by atoms with Crippen molar-refractivity contribution in [3.63, 3.8) is 0 Å². The molecule has 1 heterocycles. The fraction of sp³-hybridized carbons (Fsp3) is 0.522. The average molecular weight is 546 g/mol. The van der Waals surface area contributed by atoms with Crippen LogP contribution in [0.3, 0.4) is 0 Å². The van der Waals surface area contributed by atoms with Gasteiger partial charge in [-0.05, 0) is 29.1 Å². The summed E-state index contributed by atoms with van der Waals surface area (Å²) in [4.78, 5) is 4.71. The van der Waals surface area contributed by atoms with Gasteiger partial charge in [0.05, 0.1) is 8.07 Å². The van der Waals surface area contributed by atoms with Gasteiger partial charge in [0.15, 0.2) is 0 Å². The van der Waals surface area contributed by atoms with Gasteiger partial charge < -0.3 is 4.98 Å². The molecule has 3 rings (SSSR count). The Kier molecular flexibility index (Phi) is 5.97. The minimum atomic E-state index is -1.75. The molecule has 26 heavy (non-hydrogen) atoms. The normalized spacial score (nSPS) is 18.0. The second-order valence-electron chi connectivity index (χ2n) is 8.48. The van der Waals surface area contributed by atoms with E-state index < -0.39 is 20.3 Å². The zero-order valence-electron chi connectivity index (χ0n) is 19.6. The molecule has 1 aliphatic carbocycles. The fourth-order valence-electron chi connectivity index (χ4n) is 3.54. The van der Waals surface area contributed by atoms with Crippen LogP contribution in [0, 0.1) is 12.0 Å². The van der Waals surface area contributed by atoms with Crippen LogP contribution in [0.25, 0.3) is 11.3 Å². The van der Waals surface area contributed by atoms with E-state index in [-0.39, 0.29) is 26.0 Å². The van der Waals surface area contributed by atoms with E-state index in [2.05, 4.69) is 25.7 Å². The largest absolute Gasteiger partial charge is 0.305 e. The monoisotopic (exact) mass is 546 g/mol. The van der Waals surface area contributed by atoms with E-state index in [1.54, 1.807) is 0 Å². The maximum atomic E-state index is 9.01. The summed E-state index contributed by atoms with van der Waals surface area (Å²) >= 11 is 0. The molecule has 1 nitrogen and oxygen atoms in total. The number of pyridine rings is 1. The molecule has 1 aliphatic rings. The molecule has 1 aromatic carbocycles. The Balaban J connectivity index is 0.00000300. The van der Waals surface area contributed by atoms with E-state index in [0.29, 0.717) is 0 Å². The summed E-state index contributed by atoms with van der Waals surface area (Å²) < 4.78 is 26.3. The summed E-state index contributed by atoms with van der Waals surface area (Å²) in [6.07, 6.45) is 4.75. The standard InChI is InChI=1S/C23H32NSi.Ir/c1-17(2)19-11-8-12-20(14-19)22-15-21(13-18-9-6-7-10-18)23(16-24-22)25(3,4)5;/h8,11,14-18H,6-7,9-10,13H2,1-5H3;/q-1;/i13D2,17D;. The van der Waals surface area contributed by atoms with E-state index in [4.69, 9.17) is 9.10 Å². The van der Waals surface area contributed by atoms with Gasteiger partial charge in [-0.3, -0.25) is 0 Å². The van der Waals surface area contributed by atoms with Gasteiger partial charge in [-0.2, -0.15) is 0 Å². The summed E-state index contributed by atoms with van der Waals surface area (Å²) in [6, 6.07) is 11.0. The molecule has 1 fully saturated rings. The first-order valence-corrected chi connectivity index (χ1v) is 12.9. The van der Waals surface area contributed by atoms with Crippen LogP contribution in [-0.4, -0.2) is 13.1 Å². The number of aromatic nitrogens is 1. The van der Waals surface area contributed by atoms with Crippen LogP contribution in [0.2, 0.25) is 19.6 Å². The van der Waals surface area contributed by atoms with Crippen molar-refractivity contribution in [1.82, 2.24) is 4.98 Å². The maximum absolute atomic E-state index is 9.01. The predicted octanol–water partition coefficient (Wildman–Crippen LogP) is 5.95. The summed E-state index contributed by atoms with van der Waals surface area (Å²) in [5.41, 5.74) is 3.33. The Morgan fingerprint density at radius 3 is 2.58 bits per heavy atom. The van der Waals surface area contributed by atoms with Gasteiger partial charge in [0.25, 0.3) is 0 Å². The first kappa shape index (κ1) is 17.3. The van der Waals surface area contributed by atoms with Gasteiger partial charge in [0.1, 0.15) is 0 Å². The quantitative estimate of drug-likeness (QED) is 0.334. The SMILES string of the molecule is [2H]C(C)(C)c1cc[c-]c(-c2cc(C([2H])([2H])C3CCCC3)c([Si](C)(C)C)cn2)c1.[Ir]. The van der Waals surface area contributed by atoms with Crippen LogP contribution in [0.5, 0.6) is 0 Å². The topological polar surface area (TPSA) is 12.9 Å². The van der Waals surface area contributed by atoms with Gasteiger partial charge in [0, 0.05) is 30.4 Å². The summed E-state index contributed by atoms with van der Waals surface area (Å²) in [5, 5.41) is 1.12. The number of hydrogen-bond donors (Lipinski definition) is 0. The third kappa shape index (κ3) is 5.15. The van der Waals surface area contributed by atoms with Crippen LogP contribution in [0.1, 0.15) is 60.7 Å². The average Bonchev–Trinajstić information content (AvgIpc) is 3.15. The minimum Gasteiger partial charge on any atom is -0.305 e. The number of nitrogens with zero attached hydrogens (tertiary/aromatic N) is 1. The van der Waals surface area contributed by atoms with Crippen LogP contribution in [0.15, 0.2) is 30.5 Å². The Morgan fingerprint density at radius 1 is 1.27 bits per heavy atom. The zero-order chi connectivity index (χ0) is 20.7. The molecule has 143 valence electrons. The molecule has 0 bridgehead atoms. The minimum absolute atomic E-state index is 0. The predicted molar refractivity (Wildman–Crippen MR) is 111 cm³/mol. The first-order valence-electron chi connectivity index (χ1n) is 10.9. The van der Waals surface area contributed by atoms with Crippen LogP contribution < -0.4 is 5.19 Å². The fourth-order valence-corrected chi connectivity index (χ4v) is 4.94. The summed E-state index contributed by atoms with van der Waals surface area (Å²) in [7, 11) is -1.75. The van der Waals surface area contributed by atoms with Crippen molar-refractivity contribution in [2.24, 2.45) is 5.92 Å². The molecule has 1 aromatic heterocycles. The van der Waals surface area contributed by atoms with Crippen molar-refractivity contribution in [2.45, 2.75) is 71.4 Å². The Hall–Kier alpha value is -0.764. The van der Waals surface area contributed by atoms with Crippen LogP contribution in [-0.2, 0) is 26.5 Å². The summed E-state index contributed by atoms with van der Waals surface area (Å²) in [6.45, 7) is 10.5.